The van der Waals surface area contributed by atoms with Gasteiger partial charge in [0.05, 0.1) is 6.61 Å². The van der Waals surface area contributed by atoms with Gasteiger partial charge in [0.1, 0.15) is 6.04 Å². The smallest absolute Gasteiger partial charge is 0.323 e. The number of carbonyl (C=O) groups excluding carboxylic acids is 1. The van der Waals surface area contributed by atoms with Crippen LogP contribution in [0.5, 0.6) is 0 Å². The van der Waals surface area contributed by atoms with Gasteiger partial charge in [-0.3, -0.25) is 9.69 Å². The van der Waals surface area contributed by atoms with Gasteiger partial charge in [-0.25, -0.2) is 0 Å². The molecule has 0 N–H and O–H groups in total. The lowest BCUT2D eigenvalue weighted by molar-refractivity contribution is -0.149. The Kier molecular flexibility index (Phi) is 6.59. The van der Waals surface area contributed by atoms with Crippen LogP contribution in [0.25, 0.3) is 0 Å². The second-order valence-corrected chi connectivity index (χ2v) is 2.90. The summed E-state index contributed by atoms with van der Waals surface area (Å²) in [4.78, 5) is 13.6. The highest BCUT2D eigenvalue weighted by atomic mass is 16.5. The van der Waals surface area contributed by atoms with Gasteiger partial charge < -0.3 is 4.74 Å². The highest BCUT2D eigenvalue weighted by Gasteiger charge is 2.22. The number of rotatable bonds is 6. The number of ether oxygens (including phenoxy) is 1. The van der Waals surface area contributed by atoms with Crippen LogP contribution in [-0.4, -0.2) is 36.6 Å². The van der Waals surface area contributed by atoms with Gasteiger partial charge in [0.2, 0.25) is 0 Å². The van der Waals surface area contributed by atoms with Crippen molar-refractivity contribution in [2.24, 2.45) is 0 Å². The Hall–Kier alpha value is -0.570. The first kappa shape index (κ1) is 12.4. The van der Waals surface area contributed by atoms with E-state index in [0.717, 1.165) is 19.5 Å². The zero-order valence-electron chi connectivity index (χ0n) is 9.17. The summed E-state index contributed by atoms with van der Waals surface area (Å²) in [5, 5.41) is 0. The van der Waals surface area contributed by atoms with E-state index in [-0.39, 0.29) is 12.0 Å². The van der Waals surface area contributed by atoms with Crippen LogP contribution in [-0.2, 0) is 9.53 Å². The number of carbonyl (C=O) groups is 1. The second kappa shape index (κ2) is 6.89. The Bertz CT molecular complexity index is 144. The van der Waals surface area contributed by atoms with Crippen LogP contribution in [0, 0.1) is 0 Å². The lowest BCUT2D eigenvalue weighted by Crippen LogP contribution is -2.41. The predicted octanol–water partition coefficient (Wildman–Crippen LogP) is 1.67. The van der Waals surface area contributed by atoms with E-state index in [1.807, 2.05) is 13.8 Å². The van der Waals surface area contributed by atoms with Gasteiger partial charge in [-0.2, -0.15) is 0 Å². The molecule has 0 fully saturated rings. The summed E-state index contributed by atoms with van der Waals surface area (Å²) in [5.41, 5.74) is 0. The van der Waals surface area contributed by atoms with Crippen LogP contribution in [0.1, 0.15) is 34.1 Å². The van der Waals surface area contributed by atoms with Crippen LogP contribution < -0.4 is 0 Å². The van der Waals surface area contributed by atoms with Crippen LogP contribution in [0.15, 0.2) is 0 Å². The summed E-state index contributed by atoms with van der Waals surface area (Å²) < 4.78 is 5.00. The molecule has 3 heteroatoms. The fourth-order valence-electron chi connectivity index (χ4n) is 1.48. The number of esters is 1. The van der Waals surface area contributed by atoms with Crippen LogP contribution in [0.2, 0.25) is 0 Å². The molecule has 0 radical (unpaired) electrons. The molecule has 3 nitrogen and oxygen atoms in total. The molecule has 1 atom stereocenters. The number of hydrogen-bond donors (Lipinski definition) is 0. The third-order valence-electron chi connectivity index (χ3n) is 2.20. The molecule has 0 rings (SSSR count). The van der Waals surface area contributed by atoms with Crippen molar-refractivity contribution in [1.82, 2.24) is 4.90 Å². The number of hydrogen-bond acceptors (Lipinski definition) is 3. The van der Waals surface area contributed by atoms with Gasteiger partial charge in [0, 0.05) is 0 Å². The third-order valence-corrected chi connectivity index (χ3v) is 2.20. The predicted molar refractivity (Wildman–Crippen MR) is 53.6 cm³/mol. The zero-order chi connectivity index (χ0) is 10.3. The summed E-state index contributed by atoms with van der Waals surface area (Å²) in [6.07, 6.45) is 0.820. The monoisotopic (exact) mass is 187 g/mol. The molecule has 0 spiro atoms. The highest BCUT2D eigenvalue weighted by Crippen LogP contribution is 2.05. The Labute approximate surface area is 81.1 Å². The fourth-order valence-corrected chi connectivity index (χ4v) is 1.48. The molecule has 0 saturated heterocycles. The molecule has 78 valence electrons. The number of nitrogens with zero attached hydrogens (tertiary/aromatic N) is 1. The van der Waals surface area contributed by atoms with Crippen LogP contribution in [0.4, 0.5) is 0 Å². The van der Waals surface area contributed by atoms with E-state index in [9.17, 15) is 4.79 Å². The minimum absolute atomic E-state index is 0.0602. The average molecular weight is 187 g/mol. The SMILES string of the molecule is CCOC(=O)C(CC)N(CC)CC. The highest BCUT2D eigenvalue weighted by molar-refractivity contribution is 5.75. The third kappa shape index (κ3) is 3.77. The normalized spacial score (nSPS) is 13.0. The molecule has 0 heterocycles. The van der Waals surface area contributed by atoms with Gasteiger partial charge in [-0.15, -0.1) is 0 Å². The average Bonchev–Trinajstić information content (AvgIpc) is 2.14. The van der Waals surface area contributed by atoms with Crippen molar-refractivity contribution in [1.29, 1.82) is 0 Å². The van der Waals surface area contributed by atoms with E-state index in [2.05, 4.69) is 18.7 Å². The van der Waals surface area contributed by atoms with E-state index in [1.54, 1.807) is 0 Å². The summed E-state index contributed by atoms with van der Waals surface area (Å²) in [5.74, 6) is -0.0892. The quantitative estimate of drug-likeness (QED) is 0.592. The van der Waals surface area contributed by atoms with Gasteiger partial charge >= 0.3 is 5.97 Å². The van der Waals surface area contributed by atoms with Crippen molar-refractivity contribution in [2.45, 2.75) is 40.2 Å². The summed E-state index contributed by atoms with van der Waals surface area (Å²) >= 11 is 0. The topological polar surface area (TPSA) is 29.5 Å². The van der Waals surface area contributed by atoms with Gasteiger partial charge in [-0.1, -0.05) is 20.8 Å². The maximum Gasteiger partial charge on any atom is 0.323 e. The van der Waals surface area contributed by atoms with E-state index in [0.29, 0.717) is 6.61 Å². The van der Waals surface area contributed by atoms with E-state index < -0.39 is 0 Å². The summed E-state index contributed by atoms with van der Waals surface area (Å²) in [7, 11) is 0. The van der Waals surface area contributed by atoms with Crippen LogP contribution >= 0.6 is 0 Å². The Morgan fingerprint density at radius 2 is 1.77 bits per heavy atom. The Morgan fingerprint density at radius 1 is 1.23 bits per heavy atom. The molecule has 0 aromatic rings. The Balaban J connectivity index is 4.20. The molecule has 0 aliphatic carbocycles. The van der Waals surface area contributed by atoms with Gasteiger partial charge in [-0.05, 0) is 26.4 Å². The minimum Gasteiger partial charge on any atom is -0.465 e. The molecular weight excluding hydrogens is 166 g/mol. The maximum absolute atomic E-state index is 11.5. The van der Waals surface area contributed by atoms with Crippen molar-refractivity contribution < 1.29 is 9.53 Å². The Morgan fingerprint density at radius 3 is 2.08 bits per heavy atom. The van der Waals surface area contributed by atoms with Crippen molar-refractivity contribution in [3.63, 3.8) is 0 Å². The lowest BCUT2D eigenvalue weighted by Gasteiger charge is -2.26. The molecule has 0 bridgehead atoms. The molecule has 0 aromatic heterocycles. The molecular formula is C10H21NO2. The molecule has 0 aliphatic rings. The zero-order valence-corrected chi connectivity index (χ0v) is 9.17. The number of likely N-dealkylation sites (N-methyl/N-ethyl adjacent to an activating group) is 1. The van der Waals surface area contributed by atoms with Crippen molar-refractivity contribution >= 4 is 5.97 Å². The molecule has 13 heavy (non-hydrogen) atoms. The standard InChI is InChI=1S/C10H21NO2/c1-5-9(10(12)13-8-4)11(6-2)7-3/h9H,5-8H2,1-4H3. The van der Waals surface area contributed by atoms with Gasteiger partial charge in [0.15, 0.2) is 0 Å². The first-order chi connectivity index (χ1) is 6.21. The first-order valence-corrected chi connectivity index (χ1v) is 5.11. The summed E-state index contributed by atoms with van der Waals surface area (Å²) in [6, 6.07) is -0.0602. The van der Waals surface area contributed by atoms with E-state index in [4.69, 9.17) is 4.74 Å². The van der Waals surface area contributed by atoms with Crippen molar-refractivity contribution in [3.8, 4) is 0 Å². The minimum atomic E-state index is -0.0892. The molecule has 0 aliphatic heterocycles. The largest absolute Gasteiger partial charge is 0.465 e. The van der Waals surface area contributed by atoms with Crippen molar-refractivity contribution in [2.75, 3.05) is 19.7 Å². The maximum atomic E-state index is 11.5. The fraction of sp³-hybridized carbons (Fsp3) is 0.900. The first-order valence-electron chi connectivity index (χ1n) is 5.11. The van der Waals surface area contributed by atoms with Crippen LogP contribution in [0.3, 0.4) is 0 Å². The molecule has 0 saturated carbocycles. The van der Waals surface area contributed by atoms with E-state index in [1.165, 1.54) is 0 Å². The van der Waals surface area contributed by atoms with Gasteiger partial charge in [0.25, 0.3) is 0 Å². The summed E-state index contributed by atoms with van der Waals surface area (Å²) in [6.45, 7) is 10.2. The lowest BCUT2D eigenvalue weighted by atomic mass is 10.2. The molecule has 0 aromatic carbocycles. The van der Waals surface area contributed by atoms with Crippen molar-refractivity contribution in [3.05, 3.63) is 0 Å². The second-order valence-electron chi connectivity index (χ2n) is 2.90. The molecule has 1 unspecified atom stereocenters. The molecule has 0 amide bonds. The van der Waals surface area contributed by atoms with E-state index >= 15 is 0 Å².